The molecule has 22 heavy (non-hydrogen) atoms. The summed E-state index contributed by atoms with van der Waals surface area (Å²) >= 11 is 0. The van der Waals surface area contributed by atoms with Crippen LogP contribution < -0.4 is 5.32 Å². The zero-order valence-electron chi connectivity index (χ0n) is 12.5. The summed E-state index contributed by atoms with van der Waals surface area (Å²) in [6.45, 7) is -0.345. The average molecular weight is 295 g/mol. The first kappa shape index (κ1) is 16.0. The SMILES string of the molecule is O=C(C=Cc1ccccc1CCCc1ccccc1)NCO. The van der Waals surface area contributed by atoms with E-state index in [0.29, 0.717) is 0 Å². The van der Waals surface area contributed by atoms with Crippen LogP contribution in [0.3, 0.4) is 0 Å². The summed E-state index contributed by atoms with van der Waals surface area (Å²) in [6.07, 6.45) is 6.33. The highest BCUT2D eigenvalue weighted by Gasteiger charge is 2.01. The lowest BCUT2D eigenvalue weighted by atomic mass is 9.99. The molecule has 0 aliphatic carbocycles. The van der Waals surface area contributed by atoms with Gasteiger partial charge in [-0.25, -0.2) is 0 Å². The zero-order valence-corrected chi connectivity index (χ0v) is 12.5. The highest BCUT2D eigenvalue weighted by molar-refractivity contribution is 5.91. The van der Waals surface area contributed by atoms with Gasteiger partial charge in [-0.3, -0.25) is 4.79 Å². The molecule has 0 unspecified atom stereocenters. The molecule has 0 heterocycles. The Hall–Kier alpha value is -2.39. The van der Waals surface area contributed by atoms with Gasteiger partial charge in [0.25, 0.3) is 0 Å². The van der Waals surface area contributed by atoms with E-state index < -0.39 is 0 Å². The molecule has 114 valence electrons. The van der Waals surface area contributed by atoms with E-state index in [-0.39, 0.29) is 12.6 Å². The summed E-state index contributed by atoms with van der Waals surface area (Å²) in [5, 5.41) is 11.0. The van der Waals surface area contributed by atoms with Gasteiger partial charge in [-0.1, -0.05) is 54.6 Å². The monoisotopic (exact) mass is 295 g/mol. The van der Waals surface area contributed by atoms with E-state index in [4.69, 9.17) is 5.11 Å². The Kier molecular flexibility index (Phi) is 6.39. The molecule has 0 aliphatic heterocycles. The Morgan fingerprint density at radius 1 is 1.00 bits per heavy atom. The number of nitrogens with one attached hydrogen (secondary N) is 1. The van der Waals surface area contributed by atoms with Crippen LogP contribution in [0.1, 0.15) is 23.1 Å². The van der Waals surface area contributed by atoms with Crippen LogP contribution in [-0.2, 0) is 17.6 Å². The third-order valence-electron chi connectivity index (χ3n) is 3.48. The molecule has 3 nitrogen and oxygen atoms in total. The van der Waals surface area contributed by atoms with Crippen molar-refractivity contribution in [2.45, 2.75) is 19.3 Å². The minimum atomic E-state index is -0.345. The van der Waals surface area contributed by atoms with Crippen LogP contribution in [0.25, 0.3) is 6.08 Å². The molecule has 0 radical (unpaired) electrons. The number of carbonyl (C=O) groups excluding carboxylic acids is 1. The molecule has 2 rings (SSSR count). The van der Waals surface area contributed by atoms with Gasteiger partial charge in [-0.05, 0) is 42.0 Å². The number of rotatable bonds is 7. The second-order valence-electron chi connectivity index (χ2n) is 5.07. The quantitative estimate of drug-likeness (QED) is 0.609. The van der Waals surface area contributed by atoms with Crippen LogP contribution in [0.4, 0.5) is 0 Å². The summed E-state index contributed by atoms with van der Waals surface area (Å²) in [7, 11) is 0. The van der Waals surface area contributed by atoms with Crippen LogP contribution in [0.5, 0.6) is 0 Å². The maximum Gasteiger partial charge on any atom is 0.245 e. The molecule has 0 aliphatic rings. The lowest BCUT2D eigenvalue weighted by Crippen LogP contribution is -2.21. The van der Waals surface area contributed by atoms with Gasteiger partial charge in [0.1, 0.15) is 6.73 Å². The summed E-state index contributed by atoms with van der Waals surface area (Å²) in [5.41, 5.74) is 3.62. The molecule has 0 fully saturated rings. The van der Waals surface area contributed by atoms with E-state index in [0.717, 1.165) is 24.8 Å². The second-order valence-corrected chi connectivity index (χ2v) is 5.07. The van der Waals surface area contributed by atoms with Crippen molar-refractivity contribution in [3.8, 4) is 0 Å². The third-order valence-corrected chi connectivity index (χ3v) is 3.48. The van der Waals surface area contributed by atoms with Crippen LogP contribution in [0.2, 0.25) is 0 Å². The molecule has 0 bridgehead atoms. The smallest absolute Gasteiger partial charge is 0.245 e. The Morgan fingerprint density at radius 2 is 1.73 bits per heavy atom. The largest absolute Gasteiger partial charge is 0.376 e. The van der Waals surface area contributed by atoms with E-state index in [1.54, 1.807) is 6.08 Å². The Bertz CT molecular complexity index is 620. The van der Waals surface area contributed by atoms with E-state index in [9.17, 15) is 4.79 Å². The number of amides is 1. The molecule has 0 spiro atoms. The van der Waals surface area contributed by atoms with Crippen molar-refractivity contribution in [3.63, 3.8) is 0 Å². The van der Waals surface area contributed by atoms with Gasteiger partial charge in [0.05, 0.1) is 0 Å². The molecule has 2 N–H and O–H groups in total. The van der Waals surface area contributed by atoms with Crippen LogP contribution in [0.15, 0.2) is 60.7 Å². The molecule has 2 aromatic rings. The molecular formula is C19H21NO2. The van der Waals surface area contributed by atoms with Crippen molar-refractivity contribution in [2.75, 3.05) is 6.73 Å². The van der Waals surface area contributed by atoms with E-state index >= 15 is 0 Å². The summed E-state index contributed by atoms with van der Waals surface area (Å²) in [4.78, 5) is 11.4. The normalized spacial score (nSPS) is 10.8. The molecule has 0 saturated carbocycles. The Balaban J connectivity index is 1.95. The first-order chi connectivity index (χ1) is 10.8. The van der Waals surface area contributed by atoms with Gasteiger partial charge in [-0.2, -0.15) is 0 Å². The summed E-state index contributed by atoms with van der Waals surface area (Å²) in [5.74, 6) is -0.290. The maximum atomic E-state index is 11.4. The number of carbonyl (C=O) groups is 1. The molecule has 1 amide bonds. The number of aliphatic hydroxyl groups is 1. The standard InChI is InChI=1S/C19H21NO2/c21-15-20-19(22)14-13-18-11-5-4-10-17(18)12-6-9-16-7-2-1-3-8-16/h1-5,7-8,10-11,13-14,21H,6,9,12,15H2,(H,20,22). The Morgan fingerprint density at radius 3 is 2.50 bits per heavy atom. The minimum Gasteiger partial charge on any atom is -0.376 e. The fourth-order valence-electron chi connectivity index (χ4n) is 2.35. The Labute approximate surface area is 131 Å². The van der Waals surface area contributed by atoms with Gasteiger partial charge >= 0.3 is 0 Å². The average Bonchev–Trinajstić information content (AvgIpc) is 2.55. The maximum absolute atomic E-state index is 11.4. The molecule has 2 aromatic carbocycles. The molecule has 0 aromatic heterocycles. The van der Waals surface area contributed by atoms with Gasteiger partial charge in [0.15, 0.2) is 0 Å². The third kappa shape index (κ3) is 5.19. The fourth-order valence-corrected chi connectivity index (χ4v) is 2.35. The lowest BCUT2D eigenvalue weighted by Gasteiger charge is -2.06. The topological polar surface area (TPSA) is 49.3 Å². The fraction of sp³-hybridized carbons (Fsp3) is 0.211. The number of aliphatic hydroxyl groups excluding tert-OH is 1. The summed E-state index contributed by atoms with van der Waals surface area (Å²) < 4.78 is 0. The van der Waals surface area contributed by atoms with E-state index in [1.165, 1.54) is 17.2 Å². The van der Waals surface area contributed by atoms with Crippen molar-refractivity contribution in [2.24, 2.45) is 0 Å². The number of hydrogen-bond acceptors (Lipinski definition) is 2. The number of aryl methyl sites for hydroxylation is 2. The molecule has 3 heteroatoms. The molecule has 0 saturated heterocycles. The van der Waals surface area contributed by atoms with Crippen molar-refractivity contribution < 1.29 is 9.90 Å². The van der Waals surface area contributed by atoms with E-state index in [1.807, 2.05) is 24.3 Å². The highest BCUT2D eigenvalue weighted by atomic mass is 16.3. The van der Waals surface area contributed by atoms with Crippen LogP contribution in [0, 0.1) is 0 Å². The van der Waals surface area contributed by atoms with Crippen molar-refractivity contribution in [1.29, 1.82) is 0 Å². The van der Waals surface area contributed by atoms with Gasteiger partial charge < -0.3 is 10.4 Å². The van der Waals surface area contributed by atoms with Crippen LogP contribution >= 0.6 is 0 Å². The first-order valence-corrected chi connectivity index (χ1v) is 7.48. The first-order valence-electron chi connectivity index (χ1n) is 7.48. The summed E-state index contributed by atoms with van der Waals surface area (Å²) in [6, 6.07) is 18.5. The second kappa shape index (κ2) is 8.80. The van der Waals surface area contributed by atoms with Gasteiger partial charge in [0, 0.05) is 6.08 Å². The van der Waals surface area contributed by atoms with Crippen molar-refractivity contribution in [3.05, 3.63) is 77.4 Å². The molecule has 0 atom stereocenters. The molecular weight excluding hydrogens is 274 g/mol. The predicted octanol–water partition coefficient (Wildman–Crippen LogP) is 2.94. The van der Waals surface area contributed by atoms with Crippen LogP contribution in [-0.4, -0.2) is 17.7 Å². The van der Waals surface area contributed by atoms with Gasteiger partial charge in [0.2, 0.25) is 5.91 Å². The zero-order chi connectivity index (χ0) is 15.6. The predicted molar refractivity (Wildman–Crippen MR) is 89.2 cm³/mol. The number of hydrogen-bond donors (Lipinski definition) is 2. The minimum absolute atomic E-state index is 0.290. The highest BCUT2D eigenvalue weighted by Crippen LogP contribution is 2.14. The number of benzene rings is 2. The van der Waals surface area contributed by atoms with E-state index in [2.05, 4.69) is 35.6 Å². The van der Waals surface area contributed by atoms with Crippen molar-refractivity contribution >= 4 is 12.0 Å². The van der Waals surface area contributed by atoms with Crippen molar-refractivity contribution in [1.82, 2.24) is 5.32 Å². The lowest BCUT2D eigenvalue weighted by molar-refractivity contribution is -0.117. The van der Waals surface area contributed by atoms with Gasteiger partial charge in [-0.15, -0.1) is 0 Å².